The van der Waals surface area contributed by atoms with E-state index in [1.165, 1.54) is 19.1 Å². The number of fused-ring (bicyclic) bond motifs is 3. The number of carbonyl (C=O) groups is 3. The van der Waals surface area contributed by atoms with Crippen LogP contribution in [0.5, 0.6) is 0 Å². The molecule has 1 aliphatic carbocycles. The molecule has 1 aliphatic rings. The van der Waals surface area contributed by atoms with Crippen LogP contribution in [-0.2, 0) is 20.9 Å². The van der Waals surface area contributed by atoms with Gasteiger partial charge in [0.1, 0.15) is 6.04 Å². The van der Waals surface area contributed by atoms with Crippen molar-refractivity contribution in [3.05, 3.63) is 130 Å². The number of hydrogen-bond donors (Lipinski definition) is 2. The Balaban J connectivity index is 1.40. The van der Waals surface area contributed by atoms with Gasteiger partial charge in [0.25, 0.3) is 5.91 Å². The van der Waals surface area contributed by atoms with Crippen LogP contribution < -0.4 is 5.32 Å². The molecule has 222 valence electrons. The SMILES string of the molecule is COC(=O)[C@@H](NC(=O)c1ccc(C#Cc2ccc(CO)cc2)cc1)[C@@H](C)N(C(=O)OC)C1c2ccccc2-c2ccccc21. The van der Waals surface area contributed by atoms with Gasteiger partial charge in [0.15, 0.2) is 0 Å². The van der Waals surface area contributed by atoms with Gasteiger partial charge in [0.05, 0.1) is 32.9 Å². The maximum Gasteiger partial charge on any atom is 0.410 e. The Bertz CT molecular complexity index is 1690. The van der Waals surface area contributed by atoms with Gasteiger partial charge >= 0.3 is 12.1 Å². The van der Waals surface area contributed by atoms with Crippen LogP contribution in [-0.4, -0.2) is 54.3 Å². The molecular weight excluding hydrogens is 556 g/mol. The molecule has 0 radical (unpaired) electrons. The molecule has 2 atom stereocenters. The first-order valence-electron chi connectivity index (χ1n) is 14.1. The zero-order chi connectivity index (χ0) is 31.2. The number of methoxy groups -OCH3 is 2. The predicted octanol–water partition coefficient (Wildman–Crippen LogP) is 5.08. The normalized spacial score (nSPS) is 12.9. The second-order valence-electron chi connectivity index (χ2n) is 10.4. The van der Waals surface area contributed by atoms with E-state index in [1.54, 1.807) is 31.2 Å². The Hall–Kier alpha value is -5.39. The molecule has 5 rings (SSSR count). The van der Waals surface area contributed by atoms with Gasteiger partial charge in [0, 0.05) is 16.7 Å². The van der Waals surface area contributed by atoms with Crippen molar-refractivity contribution in [3.63, 3.8) is 0 Å². The molecule has 4 aromatic rings. The lowest BCUT2D eigenvalue weighted by Gasteiger charge is -2.37. The maximum atomic E-state index is 13.4. The Kier molecular flexibility index (Phi) is 9.08. The van der Waals surface area contributed by atoms with Gasteiger partial charge in [-0.2, -0.15) is 0 Å². The van der Waals surface area contributed by atoms with Crippen molar-refractivity contribution >= 4 is 18.0 Å². The monoisotopic (exact) mass is 588 g/mol. The summed E-state index contributed by atoms with van der Waals surface area (Å²) in [6.45, 7) is 1.66. The fourth-order valence-corrected chi connectivity index (χ4v) is 5.47. The minimum atomic E-state index is -1.20. The molecule has 0 unspecified atom stereocenters. The third kappa shape index (κ3) is 6.05. The van der Waals surface area contributed by atoms with Crippen molar-refractivity contribution in [2.24, 2.45) is 0 Å². The Morgan fingerprint density at radius 3 is 1.82 bits per heavy atom. The molecule has 4 aromatic carbocycles. The van der Waals surface area contributed by atoms with Gasteiger partial charge in [-0.05, 0) is 71.1 Å². The van der Waals surface area contributed by atoms with Crippen LogP contribution in [0.4, 0.5) is 4.79 Å². The Morgan fingerprint density at radius 1 is 0.795 bits per heavy atom. The number of amides is 2. The van der Waals surface area contributed by atoms with Crippen LogP contribution in [0.25, 0.3) is 11.1 Å². The highest BCUT2D eigenvalue weighted by atomic mass is 16.5. The summed E-state index contributed by atoms with van der Waals surface area (Å²) in [6, 6.07) is 26.9. The van der Waals surface area contributed by atoms with E-state index in [1.807, 2.05) is 72.8 Å². The van der Waals surface area contributed by atoms with Gasteiger partial charge in [-0.15, -0.1) is 0 Å². The summed E-state index contributed by atoms with van der Waals surface area (Å²) < 4.78 is 10.3. The standard InChI is InChI=1S/C36H32N2O6/c1-23(38(36(42)44-3)33-30-10-6-4-8-28(30)29-9-5-7-11-31(29)33)32(35(41)43-2)37-34(40)27-20-18-25(19-21-27)13-12-24-14-16-26(22-39)17-15-24/h4-11,14-21,23,32-33,39H,22H2,1-3H3,(H,37,40)/t23-,32+/m1/s1. The topological polar surface area (TPSA) is 105 Å². The van der Waals surface area contributed by atoms with Crippen molar-refractivity contribution in [2.45, 2.75) is 31.7 Å². The molecule has 0 saturated heterocycles. The summed E-state index contributed by atoms with van der Waals surface area (Å²) in [4.78, 5) is 41.4. The highest BCUT2D eigenvalue weighted by molar-refractivity contribution is 5.97. The fourth-order valence-electron chi connectivity index (χ4n) is 5.47. The van der Waals surface area contributed by atoms with E-state index in [-0.39, 0.29) is 6.61 Å². The summed E-state index contributed by atoms with van der Waals surface area (Å²) >= 11 is 0. The molecular formula is C36H32N2O6. The molecule has 8 heteroatoms. The third-order valence-electron chi connectivity index (χ3n) is 7.76. The van der Waals surface area contributed by atoms with Gasteiger partial charge in [-0.1, -0.05) is 72.5 Å². The number of aliphatic hydroxyl groups is 1. The highest BCUT2D eigenvalue weighted by Gasteiger charge is 2.43. The van der Waals surface area contributed by atoms with Crippen LogP contribution in [0, 0.1) is 11.8 Å². The van der Waals surface area contributed by atoms with Gasteiger partial charge in [-0.3, -0.25) is 9.69 Å². The van der Waals surface area contributed by atoms with E-state index >= 15 is 0 Å². The quantitative estimate of drug-likeness (QED) is 0.231. The molecule has 0 fully saturated rings. The molecule has 0 bridgehead atoms. The van der Waals surface area contributed by atoms with Crippen LogP contribution in [0.15, 0.2) is 97.1 Å². The zero-order valence-corrected chi connectivity index (χ0v) is 24.6. The predicted molar refractivity (Wildman–Crippen MR) is 165 cm³/mol. The molecule has 0 spiro atoms. The summed E-state index contributed by atoms with van der Waals surface area (Å²) in [7, 11) is 2.52. The molecule has 0 aromatic heterocycles. The van der Waals surface area contributed by atoms with Crippen LogP contribution in [0.1, 0.15) is 51.1 Å². The van der Waals surface area contributed by atoms with Crippen molar-refractivity contribution in [2.75, 3.05) is 14.2 Å². The van der Waals surface area contributed by atoms with Crippen molar-refractivity contribution < 1.29 is 29.0 Å². The van der Waals surface area contributed by atoms with Crippen molar-refractivity contribution in [1.29, 1.82) is 0 Å². The number of ether oxygens (including phenoxy) is 2. The summed E-state index contributed by atoms with van der Waals surface area (Å²) in [5.41, 5.74) is 6.35. The molecule has 2 N–H and O–H groups in total. The lowest BCUT2D eigenvalue weighted by atomic mass is 9.99. The van der Waals surface area contributed by atoms with Gasteiger partial charge in [0.2, 0.25) is 0 Å². The van der Waals surface area contributed by atoms with E-state index in [0.29, 0.717) is 11.1 Å². The number of aliphatic hydroxyl groups excluding tert-OH is 1. The number of carbonyl (C=O) groups excluding carboxylic acids is 3. The van der Waals surface area contributed by atoms with Gasteiger partial charge < -0.3 is 19.9 Å². The summed E-state index contributed by atoms with van der Waals surface area (Å²) in [5.74, 6) is 4.90. The molecule has 2 amide bonds. The molecule has 0 saturated carbocycles. The van der Waals surface area contributed by atoms with E-state index in [0.717, 1.165) is 33.4 Å². The van der Waals surface area contributed by atoms with E-state index in [2.05, 4.69) is 17.2 Å². The number of nitrogens with one attached hydrogen (secondary N) is 1. The highest BCUT2D eigenvalue weighted by Crippen LogP contribution is 2.47. The minimum absolute atomic E-state index is 0.0317. The first-order valence-corrected chi connectivity index (χ1v) is 14.1. The smallest absolute Gasteiger partial charge is 0.410 e. The second kappa shape index (κ2) is 13.3. The lowest BCUT2D eigenvalue weighted by Crippen LogP contribution is -2.57. The number of nitrogens with zero attached hydrogens (tertiary/aromatic N) is 1. The first-order chi connectivity index (χ1) is 21.4. The number of hydrogen-bond acceptors (Lipinski definition) is 6. The first kappa shape index (κ1) is 30.1. The Morgan fingerprint density at radius 2 is 1.32 bits per heavy atom. The van der Waals surface area contributed by atoms with Crippen molar-refractivity contribution in [3.8, 4) is 23.0 Å². The molecule has 44 heavy (non-hydrogen) atoms. The van der Waals surface area contributed by atoms with Crippen LogP contribution >= 0.6 is 0 Å². The van der Waals surface area contributed by atoms with E-state index < -0.39 is 36.1 Å². The lowest BCUT2D eigenvalue weighted by molar-refractivity contribution is -0.144. The van der Waals surface area contributed by atoms with Crippen LogP contribution in [0.3, 0.4) is 0 Å². The van der Waals surface area contributed by atoms with E-state index in [4.69, 9.17) is 9.47 Å². The molecule has 8 nitrogen and oxygen atoms in total. The largest absolute Gasteiger partial charge is 0.467 e. The van der Waals surface area contributed by atoms with Crippen LogP contribution in [0.2, 0.25) is 0 Å². The molecule has 0 heterocycles. The third-order valence-corrected chi connectivity index (χ3v) is 7.76. The number of rotatable bonds is 7. The average Bonchev–Trinajstić information content (AvgIpc) is 3.40. The van der Waals surface area contributed by atoms with Gasteiger partial charge in [-0.25, -0.2) is 9.59 Å². The zero-order valence-electron chi connectivity index (χ0n) is 24.6. The number of benzene rings is 4. The van der Waals surface area contributed by atoms with Crippen molar-refractivity contribution in [1.82, 2.24) is 10.2 Å². The summed E-state index contributed by atoms with van der Waals surface area (Å²) in [5, 5.41) is 12.0. The van der Waals surface area contributed by atoms with E-state index in [9.17, 15) is 19.5 Å². The fraction of sp³-hybridized carbons (Fsp3) is 0.194. The minimum Gasteiger partial charge on any atom is -0.467 e. The summed E-state index contributed by atoms with van der Waals surface area (Å²) in [6.07, 6.45) is -0.647. The average molecular weight is 589 g/mol. The number of esters is 1. The second-order valence-corrected chi connectivity index (χ2v) is 10.4. The maximum absolute atomic E-state index is 13.4. The Labute approximate surface area is 256 Å². The molecule has 0 aliphatic heterocycles.